The van der Waals surface area contributed by atoms with Crippen LogP contribution in [0, 0.1) is 12.8 Å². The van der Waals surface area contributed by atoms with Gasteiger partial charge in [0.25, 0.3) is 0 Å². The number of carbonyl (C=O) groups is 1. The number of carbonyl (C=O) groups excluding carboxylic acids is 1. The Morgan fingerprint density at radius 2 is 2.05 bits per heavy atom. The van der Waals surface area contributed by atoms with Gasteiger partial charge < -0.3 is 10.6 Å². The van der Waals surface area contributed by atoms with Crippen molar-refractivity contribution >= 4 is 24.0 Å². The van der Waals surface area contributed by atoms with E-state index in [1.165, 1.54) is 18.4 Å². The number of piperidine rings is 1. The van der Waals surface area contributed by atoms with Gasteiger partial charge in [0.05, 0.1) is 6.54 Å². The standard InChI is InChI=1S/C16H25N3O.ClH/c1-13-5-7-15(8-6-13)18-16(20)12-19-9-3-4-14(11-19)10-17-2;/h5-8,14,17H,3-4,9-12H2,1-2H3,(H,18,20);1H. The number of rotatable bonds is 5. The summed E-state index contributed by atoms with van der Waals surface area (Å²) in [5.74, 6) is 0.750. The summed E-state index contributed by atoms with van der Waals surface area (Å²) < 4.78 is 0. The molecular formula is C16H26ClN3O. The molecule has 5 heteroatoms. The summed E-state index contributed by atoms with van der Waals surface area (Å²) in [5.41, 5.74) is 2.08. The summed E-state index contributed by atoms with van der Waals surface area (Å²) in [7, 11) is 1.99. The summed E-state index contributed by atoms with van der Waals surface area (Å²) in [6.07, 6.45) is 2.45. The molecule has 1 atom stereocenters. The second kappa shape index (κ2) is 9.03. The van der Waals surface area contributed by atoms with Gasteiger partial charge in [-0.25, -0.2) is 0 Å². The Balaban J connectivity index is 0.00000220. The van der Waals surface area contributed by atoms with Gasteiger partial charge in [0.2, 0.25) is 5.91 Å². The van der Waals surface area contributed by atoms with E-state index in [2.05, 4.69) is 15.5 Å². The first kappa shape index (κ1) is 18.0. The highest BCUT2D eigenvalue weighted by Crippen LogP contribution is 2.15. The molecule has 21 heavy (non-hydrogen) atoms. The maximum absolute atomic E-state index is 12.1. The number of anilines is 1. The molecule has 4 nitrogen and oxygen atoms in total. The molecule has 0 saturated carbocycles. The first-order valence-electron chi connectivity index (χ1n) is 7.41. The summed E-state index contributed by atoms with van der Waals surface area (Å²) >= 11 is 0. The van der Waals surface area contributed by atoms with E-state index in [0.29, 0.717) is 12.5 Å². The molecule has 1 heterocycles. The Hall–Kier alpha value is -1.10. The lowest BCUT2D eigenvalue weighted by molar-refractivity contribution is -0.117. The lowest BCUT2D eigenvalue weighted by Gasteiger charge is -2.32. The largest absolute Gasteiger partial charge is 0.325 e. The molecule has 1 unspecified atom stereocenters. The minimum atomic E-state index is 0. The molecule has 1 aromatic rings. The average Bonchev–Trinajstić information content (AvgIpc) is 2.42. The fourth-order valence-electron chi connectivity index (χ4n) is 2.79. The van der Waals surface area contributed by atoms with Crippen LogP contribution >= 0.6 is 12.4 Å². The Morgan fingerprint density at radius 1 is 1.33 bits per heavy atom. The van der Waals surface area contributed by atoms with Crippen molar-refractivity contribution in [3.63, 3.8) is 0 Å². The van der Waals surface area contributed by atoms with Crippen molar-refractivity contribution in [2.45, 2.75) is 19.8 Å². The number of hydrogen-bond donors (Lipinski definition) is 2. The highest BCUT2D eigenvalue weighted by atomic mass is 35.5. The third-order valence-corrected chi connectivity index (χ3v) is 3.80. The second-order valence-corrected chi connectivity index (χ2v) is 5.72. The molecule has 0 radical (unpaired) electrons. The third kappa shape index (κ3) is 6.04. The maximum atomic E-state index is 12.1. The molecule has 1 aromatic carbocycles. The number of amides is 1. The molecule has 0 spiro atoms. The Morgan fingerprint density at radius 3 is 2.71 bits per heavy atom. The van der Waals surface area contributed by atoms with Crippen LogP contribution in [-0.4, -0.2) is 44.0 Å². The number of halogens is 1. The zero-order chi connectivity index (χ0) is 14.4. The topological polar surface area (TPSA) is 44.4 Å². The minimum Gasteiger partial charge on any atom is -0.325 e. The van der Waals surface area contributed by atoms with Gasteiger partial charge in [-0.2, -0.15) is 0 Å². The van der Waals surface area contributed by atoms with Gasteiger partial charge in [-0.05, 0) is 58.0 Å². The van der Waals surface area contributed by atoms with E-state index >= 15 is 0 Å². The van der Waals surface area contributed by atoms with Crippen molar-refractivity contribution in [1.82, 2.24) is 10.2 Å². The molecule has 2 N–H and O–H groups in total. The number of hydrogen-bond acceptors (Lipinski definition) is 3. The number of benzene rings is 1. The van der Waals surface area contributed by atoms with E-state index in [0.717, 1.165) is 25.3 Å². The molecular weight excluding hydrogens is 286 g/mol. The minimum absolute atomic E-state index is 0. The normalized spacial score (nSPS) is 18.9. The average molecular weight is 312 g/mol. The van der Waals surface area contributed by atoms with Crippen LogP contribution in [0.1, 0.15) is 18.4 Å². The van der Waals surface area contributed by atoms with Gasteiger partial charge in [0.1, 0.15) is 0 Å². The van der Waals surface area contributed by atoms with Crippen molar-refractivity contribution in [3.8, 4) is 0 Å². The van der Waals surface area contributed by atoms with Crippen molar-refractivity contribution in [2.75, 3.05) is 38.5 Å². The van der Waals surface area contributed by atoms with E-state index < -0.39 is 0 Å². The van der Waals surface area contributed by atoms with E-state index in [1.807, 2.05) is 38.2 Å². The zero-order valence-electron chi connectivity index (χ0n) is 12.9. The number of aryl methyl sites for hydroxylation is 1. The van der Waals surface area contributed by atoms with Crippen molar-refractivity contribution in [1.29, 1.82) is 0 Å². The van der Waals surface area contributed by atoms with Crippen LogP contribution in [0.15, 0.2) is 24.3 Å². The summed E-state index contributed by atoms with van der Waals surface area (Å²) in [6.45, 7) is 5.62. The van der Waals surface area contributed by atoms with E-state index in [1.54, 1.807) is 0 Å². The van der Waals surface area contributed by atoms with Gasteiger partial charge in [0, 0.05) is 12.2 Å². The molecule has 1 saturated heterocycles. The summed E-state index contributed by atoms with van der Waals surface area (Å²) in [4.78, 5) is 14.3. The van der Waals surface area contributed by atoms with E-state index in [9.17, 15) is 4.79 Å². The molecule has 1 amide bonds. The number of nitrogens with one attached hydrogen (secondary N) is 2. The quantitative estimate of drug-likeness (QED) is 0.877. The molecule has 1 aliphatic rings. The van der Waals surface area contributed by atoms with Gasteiger partial charge in [0.15, 0.2) is 0 Å². The van der Waals surface area contributed by atoms with E-state index in [-0.39, 0.29) is 18.3 Å². The summed E-state index contributed by atoms with van der Waals surface area (Å²) in [6, 6.07) is 7.93. The van der Waals surface area contributed by atoms with Crippen molar-refractivity contribution in [3.05, 3.63) is 29.8 Å². The molecule has 1 aliphatic heterocycles. The van der Waals surface area contributed by atoms with Crippen LogP contribution in [0.2, 0.25) is 0 Å². The Bertz CT molecular complexity index is 434. The van der Waals surface area contributed by atoms with Crippen LogP contribution < -0.4 is 10.6 Å². The predicted molar refractivity (Wildman–Crippen MR) is 90.1 cm³/mol. The molecule has 0 aromatic heterocycles. The van der Waals surface area contributed by atoms with Crippen molar-refractivity contribution in [2.24, 2.45) is 5.92 Å². The van der Waals surface area contributed by atoms with Gasteiger partial charge in [-0.15, -0.1) is 12.4 Å². The molecule has 118 valence electrons. The monoisotopic (exact) mass is 311 g/mol. The Kier molecular flexibility index (Phi) is 7.72. The first-order chi connectivity index (χ1) is 9.67. The number of nitrogens with zero attached hydrogens (tertiary/aromatic N) is 1. The van der Waals surface area contributed by atoms with Gasteiger partial charge in [-0.3, -0.25) is 9.69 Å². The predicted octanol–water partition coefficient (Wildman–Crippen LogP) is 2.29. The third-order valence-electron chi connectivity index (χ3n) is 3.80. The van der Waals surface area contributed by atoms with Crippen LogP contribution in [0.5, 0.6) is 0 Å². The zero-order valence-corrected chi connectivity index (χ0v) is 13.7. The fourth-order valence-corrected chi connectivity index (χ4v) is 2.79. The SMILES string of the molecule is CNCC1CCCN(CC(=O)Nc2ccc(C)cc2)C1.Cl. The van der Waals surface area contributed by atoms with Crippen LogP contribution in [0.3, 0.4) is 0 Å². The molecule has 0 aliphatic carbocycles. The maximum Gasteiger partial charge on any atom is 0.238 e. The summed E-state index contributed by atoms with van der Waals surface area (Å²) in [5, 5.41) is 6.20. The van der Waals surface area contributed by atoms with E-state index in [4.69, 9.17) is 0 Å². The smallest absolute Gasteiger partial charge is 0.238 e. The lowest BCUT2D eigenvalue weighted by atomic mass is 9.98. The fraction of sp³-hybridized carbons (Fsp3) is 0.562. The van der Waals surface area contributed by atoms with Crippen LogP contribution in [0.25, 0.3) is 0 Å². The second-order valence-electron chi connectivity index (χ2n) is 5.72. The Labute approximate surface area is 133 Å². The lowest BCUT2D eigenvalue weighted by Crippen LogP contribution is -2.42. The van der Waals surface area contributed by atoms with Gasteiger partial charge in [-0.1, -0.05) is 17.7 Å². The molecule has 2 rings (SSSR count). The highest BCUT2D eigenvalue weighted by molar-refractivity contribution is 5.92. The molecule has 0 bridgehead atoms. The van der Waals surface area contributed by atoms with Gasteiger partial charge >= 0.3 is 0 Å². The van der Waals surface area contributed by atoms with Crippen molar-refractivity contribution < 1.29 is 4.79 Å². The highest BCUT2D eigenvalue weighted by Gasteiger charge is 2.20. The van der Waals surface area contributed by atoms with Crippen LogP contribution in [0.4, 0.5) is 5.69 Å². The molecule has 1 fully saturated rings. The number of likely N-dealkylation sites (tertiary alicyclic amines) is 1. The first-order valence-corrected chi connectivity index (χ1v) is 7.41. The van der Waals surface area contributed by atoms with Crippen LogP contribution in [-0.2, 0) is 4.79 Å².